The molecule has 3 rings (SSSR count). The van der Waals surface area contributed by atoms with Gasteiger partial charge in [-0.1, -0.05) is 6.92 Å². The molecule has 0 bridgehead atoms. The van der Waals surface area contributed by atoms with E-state index in [1.807, 2.05) is 11.4 Å². The van der Waals surface area contributed by atoms with Crippen LogP contribution in [0.25, 0.3) is 10.2 Å². The number of hydrogen-bond acceptors (Lipinski definition) is 5. The van der Waals surface area contributed by atoms with Crippen molar-refractivity contribution in [3.63, 3.8) is 0 Å². The maximum Gasteiger partial charge on any atom is 0.225 e. The van der Waals surface area contributed by atoms with Crippen LogP contribution in [0.1, 0.15) is 17.4 Å². The summed E-state index contributed by atoms with van der Waals surface area (Å²) in [5.74, 6) is 0.812. The first-order valence-corrected chi connectivity index (χ1v) is 8.11. The number of nitrogens with one attached hydrogen (secondary N) is 1. The normalized spacial score (nSPS) is 11.1. The molecule has 98 valence electrons. The lowest BCUT2D eigenvalue weighted by Crippen LogP contribution is -2.02. The highest BCUT2D eigenvalue weighted by molar-refractivity contribution is 7.16. The molecule has 0 aromatic carbocycles. The molecular formula is C13H12ClN3S2. The molecule has 0 saturated heterocycles. The molecule has 6 heteroatoms. The number of hydrogen-bond donors (Lipinski definition) is 1. The van der Waals surface area contributed by atoms with Gasteiger partial charge < -0.3 is 5.32 Å². The topological polar surface area (TPSA) is 37.8 Å². The van der Waals surface area contributed by atoms with E-state index in [1.54, 1.807) is 22.7 Å². The van der Waals surface area contributed by atoms with E-state index in [9.17, 15) is 0 Å². The highest BCUT2D eigenvalue weighted by Crippen LogP contribution is 2.27. The fourth-order valence-corrected chi connectivity index (χ4v) is 3.86. The number of fused-ring (bicyclic) bond motifs is 1. The van der Waals surface area contributed by atoms with Crippen LogP contribution in [0.4, 0.5) is 5.82 Å². The molecule has 0 unspecified atom stereocenters. The number of nitrogens with zero attached hydrogens (tertiary/aromatic N) is 2. The van der Waals surface area contributed by atoms with E-state index in [-0.39, 0.29) is 0 Å². The molecule has 0 amide bonds. The van der Waals surface area contributed by atoms with Crippen molar-refractivity contribution in [3.8, 4) is 0 Å². The molecular weight excluding hydrogens is 298 g/mol. The van der Waals surface area contributed by atoms with Crippen molar-refractivity contribution in [2.45, 2.75) is 19.9 Å². The van der Waals surface area contributed by atoms with Crippen LogP contribution in [-0.2, 0) is 13.0 Å². The summed E-state index contributed by atoms with van der Waals surface area (Å²) in [6, 6.07) is 4.20. The SMILES string of the molecule is CCc1ccsc1CNc1nc(Cl)nc2sccc12. The number of halogens is 1. The predicted octanol–water partition coefficient (Wildman–Crippen LogP) is 4.58. The fourth-order valence-electron chi connectivity index (χ4n) is 1.97. The molecule has 0 radical (unpaired) electrons. The van der Waals surface area contributed by atoms with Crippen LogP contribution in [-0.4, -0.2) is 9.97 Å². The molecule has 0 aliphatic heterocycles. The second-order valence-corrected chi connectivity index (χ2v) is 6.29. The van der Waals surface area contributed by atoms with Gasteiger partial charge in [0.1, 0.15) is 10.6 Å². The van der Waals surface area contributed by atoms with Crippen molar-refractivity contribution in [1.82, 2.24) is 9.97 Å². The first kappa shape index (κ1) is 12.8. The van der Waals surface area contributed by atoms with Crippen molar-refractivity contribution in [3.05, 3.63) is 38.6 Å². The maximum absolute atomic E-state index is 5.95. The Morgan fingerprint density at radius 1 is 1.21 bits per heavy atom. The minimum Gasteiger partial charge on any atom is -0.364 e. The van der Waals surface area contributed by atoms with E-state index >= 15 is 0 Å². The minimum absolute atomic E-state index is 0.291. The van der Waals surface area contributed by atoms with Gasteiger partial charge in [0.15, 0.2) is 0 Å². The van der Waals surface area contributed by atoms with E-state index in [0.29, 0.717) is 5.28 Å². The zero-order valence-corrected chi connectivity index (χ0v) is 12.7. The largest absolute Gasteiger partial charge is 0.364 e. The summed E-state index contributed by atoms with van der Waals surface area (Å²) in [7, 11) is 0. The molecule has 3 heterocycles. The highest BCUT2D eigenvalue weighted by atomic mass is 35.5. The highest BCUT2D eigenvalue weighted by Gasteiger charge is 2.09. The summed E-state index contributed by atoms with van der Waals surface area (Å²) in [5, 5.41) is 8.83. The summed E-state index contributed by atoms with van der Waals surface area (Å²) in [5.41, 5.74) is 1.39. The Hall–Kier alpha value is -1.17. The third-order valence-corrected chi connectivity index (χ3v) is 4.87. The van der Waals surface area contributed by atoms with Crippen LogP contribution < -0.4 is 5.32 Å². The van der Waals surface area contributed by atoms with E-state index in [4.69, 9.17) is 11.6 Å². The van der Waals surface area contributed by atoms with Gasteiger partial charge in [-0.2, -0.15) is 0 Å². The standard InChI is InChI=1S/C13H12ClN3S2/c1-2-8-3-5-18-10(8)7-15-11-9-4-6-19-12(9)17-13(14)16-11/h3-6H,2,7H2,1H3,(H,15,16,17). The van der Waals surface area contributed by atoms with E-state index in [2.05, 4.69) is 33.7 Å². The fraction of sp³-hybridized carbons (Fsp3) is 0.231. The molecule has 3 aromatic rings. The Labute approximate surface area is 124 Å². The summed E-state index contributed by atoms with van der Waals surface area (Å²) < 4.78 is 0. The van der Waals surface area contributed by atoms with Crippen LogP contribution >= 0.6 is 34.3 Å². The second-order valence-electron chi connectivity index (χ2n) is 4.06. The van der Waals surface area contributed by atoms with Gasteiger partial charge in [-0.05, 0) is 46.5 Å². The molecule has 19 heavy (non-hydrogen) atoms. The van der Waals surface area contributed by atoms with Crippen molar-refractivity contribution in [2.75, 3.05) is 5.32 Å². The summed E-state index contributed by atoms with van der Waals surface area (Å²) in [4.78, 5) is 10.8. The molecule has 3 nitrogen and oxygen atoms in total. The molecule has 1 N–H and O–H groups in total. The Kier molecular flexibility index (Phi) is 3.68. The van der Waals surface area contributed by atoms with E-state index < -0.39 is 0 Å². The van der Waals surface area contributed by atoms with Crippen LogP contribution in [0.3, 0.4) is 0 Å². The van der Waals surface area contributed by atoms with Crippen molar-refractivity contribution >= 4 is 50.3 Å². The van der Waals surface area contributed by atoms with Gasteiger partial charge in [-0.3, -0.25) is 0 Å². The van der Waals surface area contributed by atoms with Gasteiger partial charge in [0.2, 0.25) is 5.28 Å². The van der Waals surface area contributed by atoms with E-state index in [1.165, 1.54) is 10.4 Å². The average molecular weight is 310 g/mol. The maximum atomic E-state index is 5.95. The van der Waals surface area contributed by atoms with Crippen molar-refractivity contribution in [1.29, 1.82) is 0 Å². The van der Waals surface area contributed by atoms with Crippen LogP contribution in [0.5, 0.6) is 0 Å². The lowest BCUT2D eigenvalue weighted by molar-refractivity contribution is 1.07. The Bertz CT molecular complexity index is 705. The lowest BCUT2D eigenvalue weighted by atomic mass is 10.2. The second kappa shape index (κ2) is 5.45. The van der Waals surface area contributed by atoms with Crippen LogP contribution in [0, 0.1) is 0 Å². The molecule has 0 fully saturated rings. The lowest BCUT2D eigenvalue weighted by Gasteiger charge is -2.07. The Morgan fingerprint density at radius 3 is 2.89 bits per heavy atom. The van der Waals surface area contributed by atoms with Gasteiger partial charge in [-0.25, -0.2) is 9.97 Å². The van der Waals surface area contributed by atoms with Gasteiger partial charge >= 0.3 is 0 Å². The molecule has 0 spiro atoms. The summed E-state index contributed by atoms with van der Waals surface area (Å²) in [6.07, 6.45) is 1.05. The van der Waals surface area contributed by atoms with E-state index in [0.717, 1.165) is 29.0 Å². The van der Waals surface area contributed by atoms with Crippen molar-refractivity contribution in [2.24, 2.45) is 0 Å². The number of aryl methyl sites for hydroxylation is 1. The van der Waals surface area contributed by atoms with Crippen LogP contribution in [0.15, 0.2) is 22.9 Å². The molecule has 0 atom stereocenters. The number of aromatic nitrogens is 2. The first-order chi connectivity index (χ1) is 9.28. The number of rotatable bonds is 4. The van der Waals surface area contributed by atoms with Gasteiger partial charge in [0.25, 0.3) is 0 Å². The van der Waals surface area contributed by atoms with Gasteiger partial charge in [0, 0.05) is 4.88 Å². The Balaban J connectivity index is 1.87. The number of thiophene rings is 2. The zero-order valence-electron chi connectivity index (χ0n) is 10.3. The smallest absolute Gasteiger partial charge is 0.225 e. The molecule has 3 aromatic heterocycles. The monoisotopic (exact) mass is 309 g/mol. The summed E-state index contributed by atoms with van der Waals surface area (Å²) >= 11 is 9.29. The first-order valence-electron chi connectivity index (χ1n) is 5.97. The number of anilines is 1. The quantitative estimate of drug-likeness (QED) is 0.717. The Morgan fingerprint density at radius 2 is 2.05 bits per heavy atom. The molecule has 0 aliphatic carbocycles. The average Bonchev–Trinajstić information content (AvgIpc) is 3.03. The molecule has 0 aliphatic rings. The third-order valence-electron chi connectivity index (χ3n) is 2.93. The predicted molar refractivity (Wildman–Crippen MR) is 83.4 cm³/mol. The third kappa shape index (κ3) is 2.59. The molecule has 0 saturated carbocycles. The van der Waals surface area contributed by atoms with Crippen molar-refractivity contribution < 1.29 is 0 Å². The zero-order chi connectivity index (χ0) is 13.2. The minimum atomic E-state index is 0.291. The summed E-state index contributed by atoms with van der Waals surface area (Å²) in [6.45, 7) is 2.95. The van der Waals surface area contributed by atoms with Gasteiger partial charge in [0.05, 0.1) is 11.9 Å². The van der Waals surface area contributed by atoms with Gasteiger partial charge in [-0.15, -0.1) is 22.7 Å². The van der Waals surface area contributed by atoms with Crippen LogP contribution in [0.2, 0.25) is 5.28 Å².